The topological polar surface area (TPSA) is 54.4 Å². The third kappa shape index (κ3) is 3.96. The third-order valence-corrected chi connectivity index (χ3v) is 2.55. The molecule has 16 heavy (non-hydrogen) atoms. The lowest BCUT2D eigenvalue weighted by atomic mass is 10.3. The van der Waals surface area contributed by atoms with Crippen LogP contribution in [0.2, 0.25) is 5.02 Å². The van der Waals surface area contributed by atoms with Crippen LogP contribution >= 0.6 is 11.6 Å². The van der Waals surface area contributed by atoms with Gasteiger partial charge in [-0.3, -0.25) is 4.98 Å². The van der Waals surface area contributed by atoms with Crippen molar-refractivity contribution < 1.29 is 9.84 Å². The molecule has 0 amide bonds. The number of nitrogens with one attached hydrogen (secondary N) is 1. The lowest BCUT2D eigenvalue weighted by molar-refractivity contribution is 0.106. The van der Waals surface area contributed by atoms with E-state index in [1.54, 1.807) is 18.5 Å². The summed E-state index contributed by atoms with van der Waals surface area (Å²) in [6.45, 7) is 0.820. The summed E-state index contributed by atoms with van der Waals surface area (Å²) in [5.74, 6) is 0.581. The molecule has 0 aliphatic heterocycles. The summed E-state index contributed by atoms with van der Waals surface area (Å²) in [5.41, 5.74) is 0. The van der Waals surface area contributed by atoms with Gasteiger partial charge < -0.3 is 15.2 Å². The van der Waals surface area contributed by atoms with E-state index in [4.69, 9.17) is 16.3 Å². The van der Waals surface area contributed by atoms with E-state index in [1.807, 2.05) is 0 Å². The van der Waals surface area contributed by atoms with Crippen LogP contribution in [0, 0.1) is 0 Å². The highest BCUT2D eigenvalue weighted by molar-refractivity contribution is 6.30. The zero-order valence-electron chi connectivity index (χ0n) is 8.90. The molecule has 0 spiro atoms. The summed E-state index contributed by atoms with van der Waals surface area (Å²) in [6, 6.07) is 2.28. The highest BCUT2D eigenvalue weighted by Gasteiger charge is 2.21. The van der Waals surface area contributed by atoms with Gasteiger partial charge in [0.2, 0.25) is 0 Å². The summed E-state index contributed by atoms with van der Waals surface area (Å²) in [7, 11) is 0. The fourth-order valence-corrected chi connectivity index (χ4v) is 1.48. The van der Waals surface area contributed by atoms with Gasteiger partial charge in [0.25, 0.3) is 0 Å². The largest absolute Gasteiger partial charge is 0.489 e. The van der Waals surface area contributed by atoms with Gasteiger partial charge >= 0.3 is 0 Å². The van der Waals surface area contributed by atoms with Crippen LogP contribution in [0.5, 0.6) is 5.75 Å². The van der Waals surface area contributed by atoms with Crippen LogP contribution in [-0.4, -0.2) is 35.4 Å². The Morgan fingerprint density at radius 1 is 1.56 bits per heavy atom. The molecule has 2 N–H and O–H groups in total. The first kappa shape index (κ1) is 11.6. The Bertz CT molecular complexity index is 345. The van der Waals surface area contributed by atoms with Crippen LogP contribution in [-0.2, 0) is 0 Å². The Kier molecular flexibility index (Phi) is 3.98. The maximum atomic E-state index is 9.62. The van der Waals surface area contributed by atoms with Gasteiger partial charge in [-0.25, -0.2) is 0 Å². The third-order valence-electron chi connectivity index (χ3n) is 2.34. The molecular formula is C11H15ClN2O2. The van der Waals surface area contributed by atoms with Gasteiger partial charge in [-0.05, 0) is 12.8 Å². The maximum absolute atomic E-state index is 9.62. The van der Waals surface area contributed by atoms with Crippen LogP contribution < -0.4 is 10.1 Å². The predicted molar refractivity (Wildman–Crippen MR) is 61.8 cm³/mol. The molecule has 0 radical (unpaired) electrons. The summed E-state index contributed by atoms with van der Waals surface area (Å²) < 4.78 is 5.36. The van der Waals surface area contributed by atoms with E-state index in [2.05, 4.69) is 10.3 Å². The molecule has 0 saturated heterocycles. The van der Waals surface area contributed by atoms with E-state index in [9.17, 15) is 5.11 Å². The molecule has 1 aromatic rings. The number of nitrogens with zero attached hydrogens (tertiary/aromatic N) is 1. The Hall–Kier alpha value is -0.840. The number of rotatable bonds is 6. The van der Waals surface area contributed by atoms with Gasteiger partial charge in [0.05, 0.1) is 11.2 Å². The number of halogens is 1. The highest BCUT2D eigenvalue weighted by atomic mass is 35.5. The van der Waals surface area contributed by atoms with Crippen molar-refractivity contribution in [2.45, 2.75) is 25.0 Å². The summed E-state index contributed by atoms with van der Waals surface area (Å²) in [6.07, 6.45) is 5.05. The van der Waals surface area contributed by atoms with Crippen LogP contribution in [0.4, 0.5) is 0 Å². The molecule has 2 rings (SSSR count). The molecule has 4 nitrogen and oxygen atoms in total. The average molecular weight is 243 g/mol. The summed E-state index contributed by atoms with van der Waals surface area (Å²) in [5, 5.41) is 13.4. The minimum Gasteiger partial charge on any atom is -0.489 e. The molecule has 1 aliphatic rings. The van der Waals surface area contributed by atoms with Crippen molar-refractivity contribution in [3.05, 3.63) is 23.5 Å². The number of hydrogen-bond acceptors (Lipinski definition) is 4. The number of pyridine rings is 1. The van der Waals surface area contributed by atoms with E-state index in [0.717, 1.165) is 0 Å². The molecule has 1 heterocycles. The van der Waals surface area contributed by atoms with Crippen LogP contribution in [0.1, 0.15) is 12.8 Å². The van der Waals surface area contributed by atoms with Crippen LogP contribution in [0.3, 0.4) is 0 Å². The van der Waals surface area contributed by atoms with Gasteiger partial charge in [-0.2, -0.15) is 0 Å². The monoisotopic (exact) mass is 242 g/mol. The number of ether oxygens (including phenoxy) is 1. The first-order valence-electron chi connectivity index (χ1n) is 5.39. The van der Waals surface area contributed by atoms with E-state index < -0.39 is 6.10 Å². The van der Waals surface area contributed by atoms with Gasteiger partial charge in [0, 0.05) is 24.8 Å². The fourth-order valence-electron chi connectivity index (χ4n) is 1.31. The van der Waals surface area contributed by atoms with Crippen molar-refractivity contribution in [3.63, 3.8) is 0 Å². The normalized spacial score (nSPS) is 17.1. The average Bonchev–Trinajstić information content (AvgIpc) is 3.07. The highest BCUT2D eigenvalue weighted by Crippen LogP contribution is 2.18. The minimum absolute atomic E-state index is 0.252. The summed E-state index contributed by atoms with van der Waals surface area (Å²) in [4.78, 5) is 3.89. The number of hydrogen-bond donors (Lipinski definition) is 2. The van der Waals surface area contributed by atoms with E-state index >= 15 is 0 Å². The molecule has 1 fully saturated rings. The van der Waals surface area contributed by atoms with Crippen molar-refractivity contribution in [2.24, 2.45) is 0 Å². The first-order valence-corrected chi connectivity index (χ1v) is 5.76. The Balaban J connectivity index is 1.69. The van der Waals surface area contributed by atoms with E-state index in [0.29, 0.717) is 23.4 Å². The second-order valence-corrected chi connectivity index (χ2v) is 4.42. The fraction of sp³-hybridized carbons (Fsp3) is 0.545. The standard InChI is InChI=1S/C11H15ClN2O2/c12-8-3-11(6-13-4-8)16-7-10(15)5-14-9-1-2-9/h3-4,6,9-10,14-15H,1-2,5,7H2. The number of aromatic nitrogens is 1. The van der Waals surface area contributed by atoms with Crippen molar-refractivity contribution in [3.8, 4) is 5.75 Å². The zero-order chi connectivity index (χ0) is 11.4. The lowest BCUT2D eigenvalue weighted by Crippen LogP contribution is -2.32. The minimum atomic E-state index is -0.500. The molecule has 1 aromatic heterocycles. The van der Waals surface area contributed by atoms with Gasteiger partial charge in [0.1, 0.15) is 18.5 Å². The molecule has 1 saturated carbocycles. The Labute approximate surface area is 99.6 Å². The molecule has 1 aliphatic carbocycles. The maximum Gasteiger partial charge on any atom is 0.139 e. The zero-order valence-corrected chi connectivity index (χ0v) is 9.65. The second-order valence-electron chi connectivity index (χ2n) is 3.99. The van der Waals surface area contributed by atoms with Crippen LogP contribution in [0.25, 0.3) is 0 Å². The van der Waals surface area contributed by atoms with Crippen molar-refractivity contribution in [2.75, 3.05) is 13.2 Å². The number of aliphatic hydroxyl groups excluding tert-OH is 1. The first-order chi connectivity index (χ1) is 7.74. The SMILES string of the molecule is OC(CNC1CC1)COc1cncc(Cl)c1. The molecular weight excluding hydrogens is 228 g/mol. The summed E-state index contributed by atoms with van der Waals surface area (Å²) >= 11 is 5.75. The van der Waals surface area contributed by atoms with Gasteiger partial charge in [0.15, 0.2) is 0 Å². The van der Waals surface area contributed by atoms with E-state index in [-0.39, 0.29) is 6.61 Å². The molecule has 5 heteroatoms. The van der Waals surface area contributed by atoms with Gasteiger partial charge in [-0.15, -0.1) is 0 Å². The number of aliphatic hydroxyl groups is 1. The molecule has 1 atom stereocenters. The molecule has 0 aromatic carbocycles. The van der Waals surface area contributed by atoms with Crippen LogP contribution in [0.15, 0.2) is 18.5 Å². The molecule has 0 bridgehead atoms. The molecule has 1 unspecified atom stereocenters. The smallest absolute Gasteiger partial charge is 0.139 e. The van der Waals surface area contributed by atoms with E-state index in [1.165, 1.54) is 12.8 Å². The predicted octanol–water partition coefficient (Wildman–Crippen LogP) is 1.23. The quantitative estimate of drug-likeness (QED) is 0.788. The van der Waals surface area contributed by atoms with Crippen molar-refractivity contribution >= 4 is 11.6 Å². The Morgan fingerprint density at radius 3 is 3.06 bits per heavy atom. The molecule has 88 valence electrons. The second kappa shape index (κ2) is 5.48. The van der Waals surface area contributed by atoms with Crippen molar-refractivity contribution in [1.29, 1.82) is 0 Å². The lowest BCUT2D eigenvalue weighted by Gasteiger charge is -2.12. The van der Waals surface area contributed by atoms with Gasteiger partial charge in [-0.1, -0.05) is 11.6 Å². The van der Waals surface area contributed by atoms with Crippen molar-refractivity contribution in [1.82, 2.24) is 10.3 Å². The Morgan fingerprint density at radius 2 is 2.38 bits per heavy atom.